The summed E-state index contributed by atoms with van der Waals surface area (Å²) >= 11 is 0. The van der Waals surface area contributed by atoms with Crippen molar-refractivity contribution in [1.29, 1.82) is 0 Å². The van der Waals surface area contributed by atoms with E-state index in [0.717, 1.165) is 11.4 Å². The molecule has 0 bridgehead atoms. The number of carbonyl (C=O) groups is 1. The molecule has 0 atom stereocenters. The topological polar surface area (TPSA) is 76.1 Å². The number of nitrogens with one attached hydrogen (secondary N) is 2. The zero-order chi connectivity index (χ0) is 17.6. The molecule has 6 nitrogen and oxygen atoms in total. The van der Waals surface area contributed by atoms with Crippen LogP contribution < -0.4 is 15.4 Å². The lowest BCUT2D eigenvalue weighted by Crippen LogP contribution is -2.14. The summed E-state index contributed by atoms with van der Waals surface area (Å²) < 4.78 is 18.0. The second kappa shape index (κ2) is 7.39. The zero-order valence-corrected chi connectivity index (χ0v) is 13.4. The molecule has 25 heavy (non-hydrogen) atoms. The number of amides is 1. The minimum absolute atomic E-state index is 0.157. The van der Waals surface area contributed by atoms with E-state index < -0.39 is 5.91 Å². The second-order valence-electron chi connectivity index (χ2n) is 5.10. The van der Waals surface area contributed by atoms with Crippen molar-refractivity contribution >= 4 is 23.1 Å². The minimum Gasteiger partial charge on any atom is -0.497 e. The molecule has 1 aromatic heterocycles. The van der Waals surface area contributed by atoms with Crippen LogP contribution in [0.5, 0.6) is 5.75 Å². The smallest absolute Gasteiger partial charge is 0.275 e. The van der Waals surface area contributed by atoms with E-state index in [2.05, 4.69) is 20.6 Å². The Labute approximate surface area is 143 Å². The van der Waals surface area contributed by atoms with Gasteiger partial charge in [0.1, 0.15) is 23.1 Å². The Bertz CT molecular complexity index is 850. The first-order valence-corrected chi connectivity index (χ1v) is 7.44. The van der Waals surface area contributed by atoms with Crippen LogP contribution in [-0.2, 0) is 0 Å². The molecule has 0 unspecified atom stereocenters. The van der Waals surface area contributed by atoms with Gasteiger partial charge in [-0.15, -0.1) is 0 Å². The van der Waals surface area contributed by atoms with E-state index in [1.54, 1.807) is 7.11 Å². The Kier molecular flexibility index (Phi) is 4.84. The van der Waals surface area contributed by atoms with Gasteiger partial charge in [-0.3, -0.25) is 4.79 Å². The molecule has 2 N–H and O–H groups in total. The molecular formula is C18H15FN4O2. The SMILES string of the molecule is COc1ccc(Nc2cnc(C(=O)Nc3ccc(F)cc3)cn2)cc1. The fourth-order valence-corrected chi connectivity index (χ4v) is 2.06. The predicted octanol–water partition coefficient (Wildman–Crippen LogP) is 3.62. The Balaban J connectivity index is 1.64. The Morgan fingerprint density at radius 1 is 0.960 bits per heavy atom. The summed E-state index contributed by atoms with van der Waals surface area (Å²) in [5.74, 6) is 0.467. The van der Waals surface area contributed by atoms with E-state index >= 15 is 0 Å². The molecule has 0 fully saturated rings. The molecule has 1 amide bonds. The second-order valence-corrected chi connectivity index (χ2v) is 5.10. The summed E-state index contributed by atoms with van der Waals surface area (Å²) in [5.41, 5.74) is 1.46. The van der Waals surface area contributed by atoms with Gasteiger partial charge in [0.05, 0.1) is 19.5 Å². The third kappa shape index (κ3) is 4.29. The molecule has 0 aliphatic heterocycles. The minimum atomic E-state index is -0.421. The maximum absolute atomic E-state index is 12.9. The van der Waals surface area contributed by atoms with E-state index in [-0.39, 0.29) is 11.5 Å². The summed E-state index contributed by atoms with van der Waals surface area (Å²) in [6.45, 7) is 0. The molecular weight excluding hydrogens is 323 g/mol. The number of methoxy groups -OCH3 is 1. The van der Waals surface area contributed by atoms with Crippen molar-refractivity contribution < 1.29 is 13.9 Å². The van der Waals surface area contributed by atoms with Crippen LogP contribution >= 0.6 is 0 Å². The van der Waals surface area contributed by atoms with Gasteiger partial charge in [0, 0.05) is 11.4 Å². The first kappa shape index (κ1) is 16.4. The number of aromatic nitrogens is 2. The van der Waals surface area contributed by atoms with Gasteiger partial charge in [-0.25, -0.2) is 14.4 Å². The van der Waals surface area contributed by atoms with Gasteiger partial charge < -0.3 is 15.4 Å². The number of carbonyl (C=O) groups excluding carboxylic acids is 1. The first-order valence-electron chi connectivity index (χ1n) is 7.44. The van der Waals surface area contributed by atoms with E-state index in [0.29, 0.717) is 11.5 Å². The number of benzene rings is 2. The lowest BCUT2D eigenvalue weighted by Gasteiger charge is -2.07. The summed E-state index contributed by atoms with van der Waals surface area (Å²) in [7, 11) is 1.60. The van der Waals surface area contributed by atoms with Crippen LogP contribution in [0.25, 0.3) is 0 Å². The van der Waals surface area contributed by atoms with E-state index in [1.165, 1.54) is 36.7 Å². The maximum Gasteiger partial charge on any atom is 0.275 e. The largest absolute Gasteiger partial charge is 0.497 e. The predicted molar refractivity (Wildman–Crippen MR) is 92.7 cm³/mol. The Morgan fingerprint density at radius 2 is 1.64 bits per heavy atom. The zero-order valence-electron chi connectivity index (χ0n) is 13.4. The highest BCUT2D eigenvalue weighted by atomic mass is 19.1. The fourth-order valence-electron chi connectivity index (χ4n) is 2.06. The van der Waals surface area contributed by atoms with E-state index in [1.807, 2.05) is 24.3 Å². The number of halogens is 1. The molecule has 1 heterocycles. The number of hydrogen-bond acceptors (Lipinski definition) is 5. The van der Waals surface area contributed by atoms with Crippen molar-refractivity contribution in [3.63, 3.8) is 0 Å². The summed E-state index contributed by atoms with van der Waals surface area (Å²) in [4.78, 5) is 20.4. The van der Waals surface area contributed by atoms with Crippen LogP contribution in [0, 0.1) is 5.82 Å². The van der Waals surface area contributed by atoms with Gasteiger partial charge >= 0.3 is 0 Å². The third-order valence-corrected chi connectivity index (χ3v) is 3.35. The standard InChI is InChI=1S/C18H15FN4O2/c1-25-15-8-6-13(7-9-15)22-17-11-20-16(10-21-17)18(24)23-14-4-2-12(19)3-5-14/h2-11H,1H3,(H,21,22)(H,23,24). The summed E-state index contributed by atoms with van der Waals surface area (Å²) in [6.07, 6.45) is 2.83. The molecule has 126 valence electrons. The monoisotopic (exact) mass is 338 g/mol. The van der Waals surface area contributed by atoms with Crippen molar-refractivity contribution in [3.8, 4) is 5.75 Å². The highest BCUT2D eigenvalue weighted by Gasteiger charge is 2.09. The fraction of sp³-hybridized carbons (Fsp3) is 0.0556. The van der Waals surface area contributed by atoms with Crippen molar-refractivity contribution in [2.45, 2.75) is 0 Å². The Hall–Kier alpha value is -3.48. The molecule has 7 heteroatoms. The van der Waals surface area contributed by atoms with Crippen LogP contribution in [0.2, 0.25) is 0 Å². The van der Waals surface area contributed by atoms with Crippen LogP contribution in [0.3, 0.4) is 0 Å². The van der Waals surface area contributed by atoms with Crippen LogP contribution in [-0.4, -0.2) is 23.0 Å². The van der Waals surface area contributed by atoms with Gasteiger partial charge in [-0.05, 0) is 48.5 Å². The summed E-state index contributed by atoms with van der Waals surface area (Å²) in [6, 6.07) is 12.8. The molecule has 3 rings (SSSR count). The lowest BCUT2D eigenvalue weighted by molar-refractivity contribution is 0.102. The summed E-state index contributed by atoms with van der Waals surface area (Å²) in [5, 5.41) is 5.70. The van der Waals surface area contributed by atoms with Gasteiger partial charge in [0.2, 0.25) is 0 Å². The lowest BCUT2D eigenvalue weighted by atomic mass is 10.3. The normalized spacial score (nSPS) is 10.2. The highest BCUT2D eigenvalue weighted by molar-refractivity contribution is 6.02. The van der Waals surface area contributed by atoms with Gasteiger partial charge in [-0.1, -0.05) is 0 Å². The molecule has 3 aromatic rings. The van der Waals surface area contributed by atoms with Crippen molar-refractivity contribution in [2.75, 3.05) is 17.7 Å². The number of nitrogens with zero attached hydrogens (tertiary/aromatic N) is 2. The maximum atomic E-state index is 12.9. The number of rotatable bonds is 5. The van der Waals surface area contributed by atoms with Crippen LogP contribution in [0.4, 0.5) is 21.6 Å². The first-order chi connectivity index (χ1) is 12.1. The van der Waals surface area contributed by atoms with Gasteiger partial charge in [0.25, 0.3) is 5.91 Å². The Morgan fingerprint density at radius 3 is 2.24 bits per heavy atom. The van der Waals surface area contributed by atoms with Crippen molar-refractivity contribution in [3.05, 3.63) is 72.4 Å². The highest BCUT2D eigenvalue weighted by Crippen LogP contribution is 2.18. The molecule has 0 radical (unpaired) electrons. The molecule has 0 saturated carbocycles. The van der Waals surface area contributed by atoms with Crippen molar-refractivity contribution in [1.82, 2.24) is 9.97 Å². The molecule has 0 aliphatic rings. The van der Waals surface area contributed by atoms with E-state index in [4.69, 9.17) is 4.74 Å². The number of hydrogen-bond donors (Lipinski definition) is 2. The average Bonchev–Trinajstić information content (AvgIpc) is 2.65. The van der Waals surface area contributed by atoms with E-state index in [9.17, 15) is 9.18 Å². The van der Waals surface area contributed by atoms with Crippen LogP contribution in [0.15, 0.2) is 60.9 Å². The molecule has 0 aliphatic carbocycles. The molecule has 2 aromatic carbocycles. The van der Waals surface area contributed by atoms with Crippen LogP contribution in [0.1, 0.15) is 10.5 Å². The molecule has 0 spiro atoms. The number of ether oxygens (including phenoxy) is 1. The average molecular weight is 338 g/mol. The third-order valence-electron chi connectivity index (χ3n) is 3.35. The van der Waals surface area contributed by atoms with Gasteiger partial charge in [0.15, 0.2) is 0 Å². The number of anilines is 3. The van der Waals surface area contributed by atoms with Gasteiger partial charge in [-0.2, -0.15) is 0 Å². The quantitative estimate of drug-likeness (QED) is 0.743. The van der Waals surface area contributed by atoms with Crippen molar-refractivity contribution in [2.24, 2.45) is 0 Å². The molecule has 0 saturated heterocycles.